The molecule has 0 spiro atoms. The lowest BCUT2D eigenvalue weighted by atomic mass is 10.3. The minimum absolute atomic E-state index is 0.00883. The van der Waals surface area contributed by atoms with Gasteiger partial charge in [0.05, 0.1) is 13.0 Å². The average molecular weight is 287 g/mol. The Labute approximate surface area is 103 Å². The van der Waals surface area contributed by atoms with Gasteiger partial charge in [-0.25, -0.2) is 0 Å². The van der Waals surface area contributed by atoms with Crippen LogP contribution in [-0.4, -0.2) is 19.1 Å². The standard InChI is InChI=1S/C11H15BrN2O2/c1-2-14-11(15)3-4-16-10-6-8(12)5-9(13)7-10/h5-7H,2-4,13H2,1H3,(H,14,15). The van der Waals surface area contributed by atoms with Crippen LogP contribution in [0.1, 0.15) is 13.3 Å². The normalized spacial score (nSPS) is 9.88. The molecule has 0 saturated heterocycles. The monoisotopic (exact) mass is 286 g/mol. The summed E-state index contributed by atoms with van der Waals surface area (Å²) in [5.74, 6) is 0.654. The van der Waals surface area contributed by atoms with Crippen LogP contribution in [0.3, 0.4) is 0 Å². The molecule has 1 amide bonds. The Hall–Kier alpha value is -1.23. The van der Waals surface area contributed by atoms with E-state index in [2.05, 4.69) is 21.2 Å². The van der Waals surface area contributed by atoms with Crippen molar-refractivity contribution in [2.45, 2.75) is 13.3 Å². The summed E-state index contributed by atoms with van der Waals surface area (Å²) in [6, 6.07) is 5.33. The smallest absolute Gasteiger partial charge is 0.223 e. The van der Waals surface area contributed by atoms with Crippen LogP contribution in [0.15, 0.2) is 22.7 Å². The topological polar surface area (TPSA) is 64.3 Å². The van der Waals surface area contributed by atoms with Gasteiger partial charge in [-0.2, -0.15) is 0 Å². The van der Waals surface area contributed by atoms with Gasteiger partial charge in [0.2, 0.25) is 5.91 Å². The quantitative estimate of drug-likeness (QED) is 0.813. The minimum Gasteiger partial charge on any atom is -0.493 e. The van der Waals surface area contributed by atoms with E-state index in [-0.39, 0.29) is 5.91 Å². The van der Waals surface area contributed by atoms with Gasteiger partial charge in [0.15, 0.2) is 0 Å². The van der Waals surface area contributed by atoms with Gasteiger partial charge in [0.25, 0.3) is 0 Å². The first kappa shape index (κ1) is 12.8. The van der Waals surface area contributed by atoms with E-state index in [1.54, 1.807) is 12.1 Å². The predicted octanol–water partition coefficient (Wildman–Crippen LogP) is 1.94. The van der Waals surface area contributed by atoms with Gasteiger partial charge in [0.1, 0.15) is 5.75 Å². The summed E-state index contributed by atoms with van der Waals surface area (Å²) in [7, 11) is 0. The summed E-state index contributed by atoms with van der Waals surface area (Å²) in [6.45, 7) is 2.87. The van der Waals surface area contributed by atoms with E-state index in [0.29, 0.717) is 31.0 Å². The van der Waals surface area contributed by atoms with Crippen LogP contribution in [0, 0.1) is 0 Å². The number of halogens is 1. The molecule has 0 fully saturated rings. The highest BCUT2D eigenvalue weighted by Gasteiger charge is 2.01. The van der Waals surface area contributed by atoms with Crippen molar-refractivity contribution in [1.82, 2.24) is 5.32 Å². The summed E-state index contributed by atoms with van der Waals surface area (Å²) in [4.78, 5) is 11.1. The van der Waals surface area contributed by atoms with Crippen molar-refractivity contribution in [1.29, 1.82) is 0 Å². The van der Waals surface area contributed by atoms with Gasteiger partial charge < -0.3 is 15.8 Å². The molecule has 0 aliphatic carbocycles. The van der Waals surface area contributed by atoms with Crippen LogP contribution in [0.4, 0.5) is 5.69 Å². The molecule has 0 unspecified atom stereocenters. The highest BCUT2D eigenvalue weighted by molar-refractivity contribution is 9.10. The number of anilines is 1. The highest BCUT2D eigenvalue weighted by Crippen LogP contribution is 2.22. The zero-order valence-corrected chi connectivity index (χ0v) is 10.7. The van der Waals surface area contributed by atoms with Crippen molar-refractivity contribution in [2.24, 2.45) is 0 Å². The minimum atomic E-state index is -0.00883. The summed E-state index contributed by atoms with van der Waals surface area (Å²) in [5.41, 5.74) is 6.28. The molecule has 0 aliphatic rings. The lowest BCUT2D eigenvalue weighted by Gasteiger charge is -2.07. The largest absolute Gasteiger partial charge is 0.493 e. The fourth-order valence-electron chi connectivity index (χ4n) is 1.21. The van der Waals surface area contributed by atoms with Crippen molar-refractivity contribution in [3.05, 3.63) is 22.7 Å². The van der Waals surface area contributed by atoms with Crippen LogP contribution in [0.25, 0.3) is 0 Å². The Bertz CT molecular complexity index is 349. The van der Waals surface area contributed by atoms with E-state index in [1.807, 2.05) is 13.0 Å². The van der Waals surface area contributed by atoms with Gasteiger partial charge >= 0.3 is 0 Å². The zero-order valence-electron chi connectivity index (χ0n) is 9.13. The molecule has 1 rings (SSSR count). The van der Waals surface area contributed by atoms with Crippen LogP contribution < -0.4 is 15.8 Å². The summed E-state index contributed by atoms with van der Waals surface area (Å²) in [6.07, 6.45) is 0.347. The molecule has 0 atom stereocenters. The maximum absolute atomic E-state index is 11.1. The van der Waals surface area contributed by atoms with E-state index >= 15 is 0 Å². The van der Waals surface area contributed by atoms with E-state index in [4.69, 9.17) is 10.5 Å². The molecule has 16 heavy (non-hydrogen) atoms. The average Bonchev–Trinajstić information content (AvgIpc) is 2.16. The Balaban J connectivity index is 2.40. The predicted molar refractivity (Wildman–Crippen MR) is 67.4 cm³/mol. The molecule has 0 radical (unpaired) electrons. The number of rotatable bonds is 5. The first-order chi connectivity index (χ1) is 7.61. The first-order valence-corrected chi connectivity index (χ1v) is 5.86. The van der Waals surface area contributed by atoms with Gasteiger partial charge in [0, 0.05) is 22.8 Å². The van der Waals surface area contributed by atoms with E-state index in [0.717, 1.165) is 4.47 Å². The number of nitrogen functional groups attached to an aromatic ring is 1. The lowest BCUT2D eigenvalue weighted by molar-refractivity contribution is -0.121. The summed E-state index contributed by atoms with van der Waals surface area (Å²) < 4.78 is 6.28. The molecule has 0 aliphatic heterocycles. The number of carbonyl (C=O) groups excluding carboxylic acids is 1. The van der Waals surface area contributed by atoms with E-state index in [1.165, 1.54) is 0 Å². The molecule has 0 aromatic heterocycles. The van der Waals surface area contributed by atoms with Crippen LogP contribution >= 0.6 is 15.9 Å². The number of nitrogens with two attached hydrogens (primary N) is 1. The molecule has 4 nitrogen and oxygen atoms in total. The highest BCUT2D eigenvalue weighted by atomic mass is 79.9. The molecule has 0 bridgehead atoms. The maximum atomic E-state index is 11.1. The lowest BCUT2D eigenvalue weighted by Crippen LogP contribution is -2.24. The number of hydrogen-bond donors (Lipinski definition) is 2. The molecule has 3 N–H and O–H groups in total. The second-order valence-electron chi connectivity index (χ2n) is 3.27. The Kier molecular flexibility index (Phi) is 5.11. The van der Waals surface area contributed by atoms with Crippen molar-refractivity contribution in [3.8, 4) is 5.75 Å². The molecular weight excluding hydrogens is 272 g/mol. The van der Waals surface area contributed by atoms with Gasteiger partial charge in [-0.15, -0.1) is 0 Å². The molecule has 5 heteroatoms. The second-order valence-corrected chi connectivity index (χ2v) is 4.19. The Morgan fingerprint density at radius 2 is 2.25 bits per heavy atom. The third-order valence-corrected chi connectivity index (χ3v) is 2.32. The number of nitrogens with one attached hydrogen (secondary N) is 1. The van der Waals surface area contributed by atoms with Gasteiger partial charge in [-0.1, -0.05) is 15.9 Å². The molecule has 0 heterocycles. The van der Waals surface area contributed by atoms with E-state index < -0.39 is 0 Å². The molecule has 1 aromatic rings. The van der Waals surface area contributed by atoms with Gasteiger partial charge in [-0.3, -0.25) is 4.79 Å². The third-order valence-electron chi connectivity index (χ3n) is 1.87. The number of carbonyl (C=O) groups is 1. The number of hydrogen-bond acceptors (Lipinski definition) is 3. The van der Waals surface area contributed by atoms with Crippen molar-refractivity contribution in [2.75, 3.05) is 18.9 Å². The first-order valence-electron chi connectivity index (χ1n) is 5.07. The number of ether oxygens (including phenoxy) is 1. The maximum Gasteiger partial charge on any atom is 0.223 e. The van der Waals surface area contributed by atoms with Crippen molar-refractivity contribution >= 4 is 27.5 Å². The Morgan fingerprint density at radius 3 is 2.88 bits per heavy atom. The zero-order chi connectivity index (χ0) is 12.0. The molecule has 0 saturated carbocycles. The molecule has 88 valence electrons. The summed E-state index contributed by atoms with van der Waals surface area (Å²) in [5, 5.41) is 2.70. The summed E-state index contributed by atoms with van der Waals surface area (Å²) >= 11 is 3.32. The third kappa shape index (κ3) is 4.53. The fraction of sp³-hybridized carbons (Fsp3) is 0.364. The second kappa shape index (κ2) is 6.37. The number of amides is 1. The fourth-order valence-corrected chi connectivity index (χ4v) is 1.70. The Morgan fingerprint density at radius 1 is 1.50 bits per heavy atom. The number of benzene rings is 1. The molecule has 1 aromatic carbocycles. The van der Waals surface area contributed by atoms with Gasteiger partial charge in [-0.05, 0) is 19.1 Å². The van der Waals surface area contributed by atoms with Crippen LogP contribution in [-0.2, 0) is 4.79 Å². The van der Waals surface area contributed by atoms with E-state index in [9.17, 15) is 4.79 Å². The SMILES string of the molecule is CCNC(=O)CCOc1cc(N)cc(Br)c1. The molecular formula is C11H15BrN2O2. The van der Waals surface area contributed by atoms with Crippen LogP contribution in [0.5, 0.6) is 5.75 Å². The van der Waals surface area contributed by atoms with Crippen LogP contribution in [0.2, 0.25) is 0 Å². The van der Waals surface area contributed by atoms with Crippen molar-refractivity contribution in [3.63, 3.8) is 0 Å². The van der Waals surface area contributed by atoms with Crippen molar-refractivity contribution < 1.29 is 9.53 Å².